The van der Waals surface area contributed by atoms with Crippen molar-refractivity contribution in [3.05, 3.63) is 17.7 Å². The summed E-state index contributed by atoms with van der Waals surface area (Å²) in [6.07, 6.45) is 2.33. The number of amidine groups is 1. The van der Waals surface area contributed by atoms with E-state index < -0.39 is 0 Å². The number of hydrogen-bond acceptors (Lipinski definition) is 5. The molecule has 0 radical (unpaired) electrons. The Hall–Kier alpha value is -2.08. The molecule has 0 aliphatic carbocycles. The number of aldehydes is 1. The van der Waals surface area contributed by atoms with E-state index in [2.05, 4.69) is 10.5 Å². The van der Waals surface area contributed by atoms with Crippen LogP contribution in [0.5, 0.6) is 5.75 Å². The molecule has 96 valence electrons. The summed E-state index contributed by atoms with van der Waals surface area (Å²) in [5, 5.41) is 9.08. The fraction of sp³-hybridized carbons (Fsp3) is 0.333. The molecule has 0 spiro atoms. The van der Waals surface area contributed by atoms with Crippen molar-refractivity contribution in [2.75, 3.05) is 12.1 Å². The summed E-state index contributed by atoms with van der Waals surface area (Å²) in [5.41, 5.74) is 9.81. The van der Waals surface area contributed by atoms with E-state index in [9.17, 15) is 4.79 Å². The molecule has 1 aromatic rings. The SMILES string of the molecule is NC(CCC=O)=Nc1cc2c(cc1NO)CCO2. The molecule has 1 aliphatic heterocycles. The van der Waals surface area contributed by atoms with Crippen molar-refractivity contribution in [1.82, 2.24) is 0 Å². The molecule has 0 saturated carbocycles. The zero-order valence-electron chi connectivity index (χ0n) is 9.85. The second-order valence-corrected chi connectivity index (χ2v) is 4.00. The number of nitrogens with one attached hydrogen (secondary N) is 1. The molecule has 0 atom stereocenters. The lowest BCUT2D eigenvalue weighted by Gasteiger charge is -2.08. The van der Waals surface area contributed by atoms with Gasteiger partial charge in [0.05, 0.1) is 18.0 Å². The second-order valence-electron chi connectivity index (χ2n) is 4.00. The Morgan fingerprint density at radius 3 is 3.17 bits per heavy atom. The normalized spacial score (nSPS) is 13.9. The minimum atomic E-state index is 0.332. The molecule has 0 amide bonds. The van der Waals surface area contributed by atoms with Crippen molar-refractivity contribution in [3.8, 4) is 5.75 Å². The highest BCUT2D eigenvalue weighted by Crippen LogP contribution is 2.36. The number of ether oxygens (including phenoxy) is 1. The Labute approximate surface area is 104 Å². The number of rotatable bonds is 5. The Balaban J connectivity index is 2.29. The van der Waals surface area contributed by atoms with Gasteiger partial charge in [0.2, 0.25) is 0 Å². The van der Waals surface area contributed by atoms with E-state index in [-0.39, 0.29) is 0 Å². The van der Waals surface area contributed by atoms with Crippen LogP contribution in [-0.2, 0) is 11.2 Å². The summed E-state index contributed by atoms with van der Waals surface area (Å²) in [6.45, 7) is 0.633. The third-order valence-corrected chi connectivity index (χ3v) is 2.71. The van der Waals surface area contributed by atoms with Gasteiger partial charge in [-0.15, -0.1) is 0 Å². The number of hydrogen-bond donors (Lipinski definition) is 3. The molecule has 4 N–H and O–H groups in total. The number of benzene rings is 1. The lowest BCUT2D eigenvalue weighted by Crippen LogP contribution is -2.11. The molecule has 0 bridgehead atoms. The number of aliphatic imine (C=N–C) groups is 1. The summed E-state index contributed by atoms with van der Waals surface area (Å²) < 4.78 is 5.43. The first-order valence-corrected chi connectivity index (χ1v) is 5.71. The summed E-state index contributed by atoms with van der Waals surface area (Å²) in [4.78, 5) is 14.4. The fourth-order valence-corrected chi connectivity index (χ4v) is 1.81. The van der Waals surface area contributed by atoms with Gasteiger partial charge >= 0.3 is 0 Å². The summed E-state index contributed by atoms with van der Waals surface area (Å²) in [6, 6.07) is 3.52. The Bertz CT molecular complexity index is 486. The molecule has 0 aromatic heterocycles. The van der Waals surface area contributed by atoms with Crippen LogP contribution in [0.1, 0.15) is 18.4 Å². The van der Waals surface area contributed by atoms with E-state index in [1.807, 2.05) is 0 Å². The van der Waals surface area contributed by atoms with Crippen molar-refractivity contribution in [2.24, 2.45) is 10.7 Å². The first-order valence-electron chi connectivity index (χ1n) is 5.71. The van der Waals surface area contributed by atoms with Crippen LogP contribution in [-0.4, -0.2) is 23.9 Å². The van der Waals surface area contributed by atoms with Crippen LogP contribution in [0.4, 0.5) is 11.4 Å². The molecule has 1 heterocycles. The van der Waals surface area contributed by atoms with Crippen LogP contribution in [0.25, 0.3) is 0 Å². The lowest BCUT2D eigenvalue weighted by atomic mass is 10.1. The first-order chi connectivity index (χ1) is 8.74. The molecule has 6 heteroatoms. The highest BCUT2D eigenvalue weighted by atomic mass is 16.5. The summed E-state index contributed by atoms with van der Waals surface area (Å²) in [7, 11) is 0. The maximum absolute atomic E-state index is 10.3. The average molecular weight is 249 g/mol. The van der Waals surface area contributed by atoms with Crippen molar-refractivity contribution in [1.29, 1.82) is 0 Å². The van der Waals surface area contributed by atoms with E-state index in [4.69, 9.17) is 15.7 Å². The van der Waals surface area contributed by atoms with Gasteiger partial charge in [0.15, 0.2) is 0 Å². The third kappa shape index (κ3) is 2.60. The predicted molar refractivity (Wildman–Crippen MR) is 67.6 cm³/mol. The molecule has 0 fully saturated rings. The van der Waals surface area contributed by atoms with Gasteiger partial charge in [-0.1, -0.05) is 0 Å². The van der Waals surface area contributed by atoms with Crippen molar-refractivity contribution in [2.45, 2.75) is 19.3 Å². The standard InChI is InChI=1S/C12H15N3O3/c13-12(2-1-4-16)14-9-7-11-8(3-5-18-11)6-10(9)15-17/h4,6-7,15,17H,1-3,5H2,(H2,13,14). The van der Waals surface area contributed by atoms with Gasteiger partial charge in [0.25, 0.3) is 0 Å². The van der Waals surface area contributed by atoms with Gasteiger partial charge in [0, 0.05) is 25.3 Å². The van der Waals surface area contributed by atoms with Crippen LogP contribution in [0.2, 0.25) is 0 Å². The Morgan fingerprint density at radius 1 is 1.61 bits per heavy atom. The van der Waals surface area contributed by atoms with E-state index in [1.165, 1.54) is 0 Å². The van der Waals surface area contributed by atoms with Crippen molar-refractivity contribution in [3.63, 3.8) is 0 Å². The summed E-state index contributed by atoms with van der Waals surface area (Å²) in [5.74, 6) is 1.10. The van der Waals surface area contributed by atoms with Crippen LogP contribution < -0.4 is 16.0 Å². The Morgan fingerprint density at radius 2 is 2.44 bits per heavy atom. The number of nitrogens with two attached hydrogens (primary N) is 1. The molecule has 1 aliphatic rings. The third-order valence-electron chi connectivity index (χ3n) is 2.71. The van der Waals surface area contributed by atoms with E-state index in [0.717, 1.165) is 24.0 Å². The van der Waals surface area contributed by atoms with Gasteiger partial charge in [-0.3, -0.25) is 10.7 Å². The van der Waals surface area contributed by atoms with Gasteiger partial charge in [0.1, 0.15) is 17.9 Å². The van der Waals surface area contributed by atoms with Crippen molar-refractivity contribution >= 4 is 23.5 Å². The topological polar surface area (TPSA) is 96.9 Å². The van der Waals surface area contributed by atoms with E-state index in [1.54, 1.807) is 12.1 Å². The lowest BCUT2D eigenvalue weighted by molar-refractivity contribution is -0.107. The maximum Gasteiger partial charge on any atom is 0.124 e. The molecule has 0 saturated heterocycles. The smallest absolute Gasteiger partial charge is 0.124 e. The van der Waals surface area contributed by atoms with Gasteiger partial charge in [-0.05, 0) is 11.6 Å². The summed E-state index contributed by atoms with van der Waals surface area (Å²) >= 11 is 0. The van der Waals surface area contributed by atoms with Crippen LogP contribution >= 0.6 is 0 Å². The number of nitrogens with zero attached hydrogens (tertiary/aromatic N) is 1. The highest BCUT2D eigenvalue weighted by Gasteiger charge is 2.15. The minimum Gasteiger partial charge on any atom is -0.493 e. The molecule has 6 nitrogen and oxygen atoms in total. The fourth-order valence-electron chi connectivity index (χ4n) is 1.81. The molecule has 2 rings (SSSR count). The second kappa shape index (κ2) is 5.50. The number of carbonyl (C=O) groups excluding carboxylic acids is 1. The largest absolute Gasteiger partial charge is 0.493 e. The molecular weight excluding hydrogens is 234 g/mol. The van der Waals surface area contributed by atoms with Gasteiger partial charge in [-0.25, -0.2) is 4.99 Å². The quantitative estimate of drug-likeness (QED) is 0.317. The molecule has 0 unspecified atom stereocenters. The number of carbonyl (C=O) groups is 1. The van der Waals surface area contributed by atoms with Crippen LogP contribution in [0.15, 0.2) is 17.1 Å². The maximum atomic E-state index is 10.3. The van der Waals surface area contributed by atoms with Crippen LogP contribution in [0.3, 0.4) is 0 Å². The predicted octanol–water partition coefficient (Wildman–Crippen LogP) is 1.39. The van der Waals surface area contributed by atoms with Crippen LogP contribution in [0, 0.1) is 0 Å². The average Bonchev–Trinajstić information content (AvgIpc) is 2.82. The van der Waals surface area contributed by atoms with E-state index >= 15 is 0 Å². The minimum absolute atomic E-state index is 0.332. The Kier molecular flexibility index (Phi) is 3.78. The number of anilines is 1. The zero-order chi connectivity index (χ0) is 13.0. The number of fused-ring (bicyclic) bond motifs is 1. The van der Waals surface area contributed by atoms with Gasteiger partial charge in [-0.2, -0.15) is 0 Å². The first kappa shape index (κ1) is 12.4. The molecular formula is C12H15N3O3. The monoisotopic (exact) mass is 249 g/mol. The zero-order valence-corrected chi connectivity index (χ0v) is 9.85. The van der Waals surface area contributed by atoms with E-state index in [0.29, 0.717) is 36.7 Å². The van der Waals surface area contributed by atoms with Gasteiger partial charge < -0.3 is 15.3 Å². The molecule has 1 aromatic carbocycles. The highest BCUT2D eigenvalue weighted by molar-refractivity contribution is 5.87. The van der Waals surface area contributed by atoms with Crippen molar-refractivity contribution < 1.29 is 14.7 Å². The molecule has 18 heavy (non-hydrogen) atoms.